The first-order valence-corrected chi connectivity index (χ1v) is 4.50. The Labute approximate surface area is 89.5 Å². The molecule has 1 heterocycles. The highest BCUT2D eigenvalue weighted by molar-refractivity contribution is 4.80. The van der Waals surface area contributed by atoms with Gasteiger partial charge in [0.25, 0.3) is 13.3 Å². The molecule has 0 amide bonds. The second kappa shape index (κ2) is 5.95. The maximum absolute atomic E-state index is 8.60. The van der Waals surface area contributed by atoms with Crippen LogP contribution in [0.25, 0.3) is 9.69 Å². The van der Waals surface area contributed by atoms with Crippen molar-refractivity contribution in [2.45, 2.75) is 0 Å². The standard InChI is InChI=1S/C9H12N6/c1-11-5-14-7-13(4-3-10)8-15(9-14)6-12-2/h4-9H2. The third kappa shape index (κ3) is 3.53. The average Bonchev–Trinajstić information content (AvgIpc) is 2.19. The Balaban J connectivity index is 2.54. The van der Waals surface area contributed by atoms with E-state index >= 15 is 0 Å². The average molecular weight is 204 g/mol. The molecule has 0 aromatic carbocycles. The molecule has 15 heavy (non-hydrogen) atoms. The quantitative estimate of drug-likeness (QED) is 0.481. The Morgan fingerprint density at radius 2 is 1.47 bits per heavy atom. The fourth-order valence-electron chi connectivity index (χ4n) is 1.56. The number of nitriles is 1. The van der Waals surface area contributed by atoms with Gasteiger partial charge in [-0.2, -0.15) is 5.26 Å². The van der Waals surface area contributed by atoms with Gasteiger partial charge in [0.2, 0.25) is 0 Å². The highest BCUT2D eigenvalue weighted by atomic mass is 15.5. The second-order valence-electron chi connectivity index (χ2n) is 3.35. The molecule has 0 bridgehead atoms. The summed E-state index contributed by atoms with van der Waals surface area (Å²) in [5.41, 5.74) is 0. The van der Waals surface area contributed by atoms with Crippen LogP contribution in [-0.4, -0.2) is 54.6 Å². The van der Waals surface area contributed by atoms with Gasteiger partial charge in [-0.3, -0.25) is 14.6 Å². The topological polar surface area (TPSA) is 42.2 Å². The number of hydrogen-bond donors (Lipinski definition) is 0. The first-order chi connectivity index (χ1) is 7.30. The minimum absolute atomic E-state index is 0.316. The van der Waals surface area contributed by atoms with Crippen molar-refractivity contribution in [1.82, 2.24) is 14.7 Å². The van der Waals surface area contributed by atoms with Crippen LogP contribution >= 0.6 is 0 Å². The Hall–Kier alpha value is -1.65. The van der Waals surface area contributed by atoms with E-state index in [1.807, 2.05) is 14.7 Å². The van der Waals surface area contributed by atoms with E-state index in [9.17, 15) is 0 Å². The highest BCUT2D eigenvalue weighted by Crippen LogP contribution is 2.06. The van der Waals surface area contributed by atoms with Gasteiger partial charge < -0.3 is 0 Å². The number of nitrogens with zero attached hydrogens (tertiary/aromatic N) is 6. The number of rotatable bonds is 3. The van der Waals surface area contributed by atoms with E-state index in [0.717, 1.165) is 0 Å². The van der Waals surface area contributed by atoms with Crippen molar-refractivity contribution in [3.8, 4) is 6.07 Å². The molecule has 0 N–H and O–H groups in total. The Morgan fingerprint density at radius 1 is 1.00 bits per heavy atom. The van der Waals surface area contributed by atoms with E-state index in [2.05, 4.69) is 15.8 Å². The molecule has 0 aliphatic carbocycles. The zero-order valence-electron chi connectivity index (χ0n) is 8.43. The molecule has 1 saturated heterocycles. The fraction of sp³-hybridized carbons (Fsp3) is 0.667. The van der Waals surface area contributed by atoms with Crippen LogP contribution in [0.2, 0.25) is 0 Å². The molecule has 1 aliphatic heterocycles. The van der Waals surface area contributed by atoms with Crippen LogP contribution in [0.5, 0.6) is 0 Å². The molecule has 0 atom stereocenters. The van der Waals surface area contributed by atoms with Gasteiger partial charge >= 0.3 is 0 Å². The molecule has 0 aromatic heterocycles. The van der Waals surface area contributed by atoms with Gasteiger partial charge in [-0.05, 0) is 0 Å². The lowest BCUT2D eigenvalue weighted by molar-refractivity contribution is -0.0110. The largest absolute Gasteiger partial charge is 0.299 e. The molecular weight excluding hydrogens is 192 g/mol. The third-order valence-corrected chi connectivity index (χ3v) is 2.04. The Morgan fingerprint density at radius 3 is 1.87 bits per heavy atom. The summed E-state index contributed by atoms with van der Waals surface area (Å²) in [6, 6.07) is 2.08. The molecule has 0 aromatic rings. The van der Waals surface area contributed by atoms with Crippen molar-refractivity contribution in [3.63, 3.8) is 0 Å². The predicted octanol–water partition coefficient (Wildman–Crippen LogP) is 0.0557. The lowest BCUT2D eigenvalue weighted by Gasteiger charge is -2.36. The zero-order valence-corrected chi connectivity index (χ0v) is 8.43. The molecule has 6 nitrogen and oxygen atoms in total. The third-order valence-electron chi connectivity index (χ3n) is 2.04. The van der Waals surface area contributed by atoms with E-state index in [0.29, 0.717) is 39.9 Å². The minimum atomic E-state index is 0.316. The van der Waals surface area contributed by atoms with Gasteiger partial charge in [-0.25, -0.2) is 22.9 Å². The van der Waals surface area contributed by atoms with Crippen molar-refractivity contribution in [1.29, 1.82) is 5.26 Å². The van der Waals surface area contributed by atoms with Gasteiger partial charge in [0.15, 0.2) is 0 Å². The minimum Gasteiger partial charge on any atom is -0.299 e. The monoisotopic (exact) mass is 204 g/mol. The van der Waals surface area contributed by atoms with Gasteiger partial charge in [-0.1, -0.05) is 0 Å². The van der Waals surface area contributed by atoms with E-state index in [1.165, 1.54) is 0 Å². The van der Waals surface area contributed by atoms with E-state index in [-0.39, 0.29) is 0 Å². The summed E-state index contributed by atoms with van der Waals surface area (Å²) >= 11 is 0. The molecule has 1 aliphatic rings. The summed E-state index contributed by atoms with van der Waals surface area (Å²) in [6.45, 7) is 16.4. The maximum atomic E-state index is 8.60. The van der Waals surface area contributed by atoms with Crippen molar-refractivity contribution < 1.29 is 0 Å². The van der Waals surface area contributed by atoms with Crippen LogP contribution in [0.4, 0.5) is 0 Å². The normalized spacial score (nSPS) is 19.0. The molecule has 0 radical (unpaired) electrons. The first-order valence-electron chi connectivity index (χ1n) is 4.50. The Kier molecular flexibility index (Phi) is 4.53. The van der Waals surface area contributed by atoms with Crippen LogP contribution in [0.3, 0.4) is 0 Å². The lowest BCUT2D eigenvalue weighted by atomic mass is 10.5. The van der Waals surface area contributed by atoms with Gasteiger partial charge in [0.1, 0.15) is 0 Å². The SMILES string of the molecule is [C-]#[N+]CN1CN(CC#N)CN(C[N+]#[C-])C1. The summed E-state index contributed by atoms with van der Waals surface area (Å²) in [4.78, 5) is 12.4. The predicted molar refractivity (Wildman–Crippen MR) is 53.5 cm³/mol. The van der Waals surface area contributed by atoms with Crippen LogP contribution in [0.1, 0.15) is 0 Å². The van der Waals surface area contributed by atoms with Crippen molar-refractivity contribution in [2.24, 2.45) is 0 Å². The zero-order chi connectivity index (χ0) is 11.1. The van der Waals surface area contributed by atoms with Crippen molar-refractivity contribution in [2.75, 3.05) is 39.9 Å². The fourth-order valence-corrected chi connectivity index (χ4v) is 1.56. The van der Waals surface area contributed by atoms with Crippen molar-refractivity contribution >= 4 is 0 Å². The molecule has 1 fully saturated rings. The molecule has 6 heteroatoms. The summed E-state index contributed by atoms with van der Waals surface area (Å²) < 4.78 is 0. The van der Waals surface area contributed by atoms with Gasteiger partial charge in [0, 0.05) is 0 Å². The van der Waals surface area contributed by atoms with E-state index in [1.54, 1.807) is 0 Å². The first kappa shape index (κ1) is 11.4. The number of hydrogen-bond acceptors (Lipinski definition) is 4. The Bertz CT molecular complexity index is 261. The van der Waals surface area contributed by atoms with Gasteiger partial charge in [0.05, 0.1) is 32.6 Å². The molecule has 78 valence electrons. The van der Waals surface area contributed by atoms with E-state index < -0.39 is 0 Å². The van der Waals surface area contributed by atoms with Crippen LogP contribution < -0.4 is 0 Å². The van der Waals surface area contributed by atoms with Gasteiger partial charge in [-0.15, -0.1) is 0 Å². The maximum Gasteiger partial charge on any atom is 0.272 e. The lowest BCUT2D eigenvalue weighted by Crippen LogP contribution is -2.54. The summed E-state index contributed by atoms with van der Waals surface area (Å²) in [7, 11) is 0. The highest BCUT2D eigenvalue weighted by Gasteiger charge is 2.25. The smallest absolute Gasteiger partial charge is 0.272 e. The van der Waals surface area contributed by atoms with Crippen LogP contribution in [0.15, 0.2) is 0 Å². The van der Waals surface area contributed by atoms with Crippen LogP contribution in [0, 0.1) is 24.5 Å². The molecule has 1 rings (SSSR count). The molecular formula is C9H12N6. The van der Waals surface area contributed by atoms with Crippen LogP contribution in [-0.2, 0) is 0 Å². The molecule has 0 saturated carbocycles. The summed E-state index contributed by atoms with van der Waals surface area (Å²) in [5, 5.41) is 8.60. The molecule has 0 spiro atoms. The van der Waals surface area contributed by atoms with E-state index in [4.69, 9.17) is 18.4 Å². The summed E-state index contributed by atoms with van der Waals surface area (Å²) in [5.74, 6) is 0. The second-order valence-corrected chi connectivity index (χ2v) is 3.35. The summed E-state index contributed by atoms with van der Waals surface area (Å²) in [6.07, 6.45) is 0. The van der Waals surface area contributed by atoms with Crippen molar-refractivity contribution in [3.05, 3.63) is 22.8 Å². The molecule has 0 unspecified atom stereocenters.